The summed E-state index contributed by atoms with van der Waals surface area (Å²) < 4.78 is 5.62. The van der Waals surface area contributed by atoms with E-state index in [1.807, 2.05) is 24.3 Å². The van der Waals surface area contributed by atoms with Gasteiger partial charge in [0.05, 0.1) is 0 Å². The molecule has 172 valence electrons. The first-order valence-electron chi connectivity index (χ1n) is 11.6. The molecule has 2 aromatic rings. The first kappa shape index (κ1) is 21.5. The van der Waals surface area contributed by atoms with Crippen LogP contribution in [0.1, 0.15) is 49.1 Å². The summed E-state index contributed by atoms with van der Waals surface area (Å²) in [5.74, 6) is -1.33. The third-order valence-electron chi connectivity index (χ3n) is 7.02. The van der Waals surface area contributed by atoms with Crippen molar-refractivity contribution in [3.05, 3.63) is 59.7 Å². The van der Waals surface area contributed by atoms with Crippen LogP contribution in [0.15, 0.2) is 48.5 Å². The molecule has 0 aliphatic heterocycles. The summed E-state index contributed by atoms with van der Waals surface area (Å²) in [5, 5.41) is 12.0. The molecule has 2 fully saturated rings. The summed E-state index contributed by atoms with van der Waals surface area (Å²) in [5.41, 5.74) is 4.69. The average molecular weight is 449 g/mol. The van der Waals surface area contributed by atoms with Crippen LogP contribution in [0.3, 0.4) is 0 Å². The lowest BCUT2D eigenvalue weighted by molar-refractivity contribution is -0.146. The SMILES string of the molecule is O=C(O)CN(C(=O)[C@@H]1CC[C@H](NC(=O)OCC2c3ccccc3-c3ccccc32)C1)C1CC1. The van der Waals surface area contributed by atoms with Gasteiger partial charge in [-0.2, -0.15) is 0 Å². The molecule has 0 heterocycles. The molecule has 2 amide bonds. The Morgan fingerprint density at radius 2 is 1.58 bits per heavy atom. The monoisotopic (exact) mass is 448 g/mol. The molecule has 2 saturated carbocycles. The normalized spacial score (nSPS) is 21.2. The van der Waals surface area contributed by atoms with Crippen LogP contribution >= 0.6 is 0 Å². The van der Waals surface area contributed by atoms with Crippen LogP contribution in [0.25, 0.3) is 11.1 Å². The zero-order chi connectivity index (χ0) is 22.9. The number of ether oxygens (including phenoxy) is 1. The van der Waals surface area contributed by atoms with Gasteiger partial charge in [0.1, 0.15) is 13.2 Å². The molecule has 0 radical (unpaired) electrons. The van der Waals surface area contributed by atoms with Crippen molar-refractivity contribution in [1.82, 2.24) is 10.2 Å². The van der Waals surface area contributed by atoms with Crippen molar-refractivity contribution < 1.29 is 24.2 Å². The molecule has 7 heteroatoms. The van der Waals surface area contributed by atoms with Gasteiger partial charge in [-0.15, -0.1) is 0 Å². The number of hydrogen-bond acceptors (Lipinski definition) is 4. The van der Waals surface area contributed by atoms with Crippen molar-refractivity contribution >= 4 is 18.0 Å². The van der Waals surface area contributed by atoms with E-state index in [1.165, 1.54) is 16.0 Å². The van der Waals surface area contributed by atoms with Crippen LogP contribution in [0.4, 0.5) is 4.79 Å². The first-order valence-corrected chi connectivity index (χ1v) is 11.6. The van der Waals surface area contributed by atoms with Gasteiger partial charge in [-0.05, 0) is 54.4 Å². The second-order valence-electron chi connectivity index (χ2n) is 9.27. The number of benzene rings is 2. The lowest BCUT2D eigenvalue weighted by Gasteiger charge is -2.24. The molecule has 7 nitrogen and oxygen atoms in total. The number of nitrogens with one attached hydrogen (secondary N) is 1. The molecular formula is C26H28N2O5. The Kier molecular flexibility index (Phi) is 5.79. The quantitative estimate of drug-likeness (QED) is 0.672. The van der Waals surface area contributed by atoms with Gasteiger partial charge in [-0.25, -0.2) is 4.79 Å². The van der Waals surface area contributed by atoms with Gasteiger partial charge in [0.15, 0.2) is 0 Å². The van der Waals surface area contributed by atoms with Crippen LogP contribution < -0.4 is 5.32 Å². The van der Waals surface area contributed by atoms with E-state index in [0.29, 0.717) is 19.3 Å². The van der Waals surface area contributed by atoms with E-state index < -0.39 is 12.1 Å². The smallest absolute Gasteiger partial charge is 0.407 e. The van der Waals surface area contributed by atoms with E-state index in [9.17, 15) is 14.4 Å². The molecular weight excluding hydrogens is 420 g/mol. The maximum atomic E-state index is 12.8. The topological polar surface area (TPSA) is 95.9 Å². The minimum absolute atomic E-state index is 0.00386. The fraction of sp³-hybridized carbons (Fsp3) is 0.423. The van der Waals surface area contributed by atoms with E-state index in [1.54, 1.807) is 0 Å². The Bertz CT molecular complexity index is 1030. The third-order valence-corrected chi connectivity index (χ3v) is 7.02. The molecule has 2 aromatic carbocycles. The molecule has 2 atom stereocenters. The van der Waals surface area contributed by atoms with E-state index >= 15 is 0 Å². The molecule has 3 aliphatic carbocycles. The average Bonchev–Trinajstić information content (AvgIpc) is 3.47. The summed E-state index contributed by atoms with van der Waals surface area (Å²) >= 11 is 0. The lowest BCUT2D eigenvalue weighted by atomic mass is 9.98. The number of carbonyl (C=O) groups is 3. The number of fused-ring (bicyclic) bond motifs is 3. The highest BCUT2D eigenvalue weighted by molar-refractivity contribution is 5.84. The number of carboxylic acids is 1. The molecule has 0 bridgehead atoms. The lowest BCUT2D eigenvalue weighted by Crippen LogP contribution is -2.41. The van der Waals surface area contributed by atoms with Crippen LogP contribution in [0.5, 0.6) is 0 Å². The summed E-state index contributed by atoms with van der Waals surface area (Å²) in [6.07, 6.45) is 3.12. The highest BCUT2D eigenvalue weighted by Crippen LogP contribution is 2.44. The Morgan fingerprint density at radius 3 is 2.18 bits per heavy atom. The number of aliphatic carboxylic acids is 1. The molecule has 0 spiro atoms. The largest absolute Gasteiger partial charge is 0.480 e. The van der Waals surface area contributed by atoms with Gasteiger partial charge in [-0.1, -0.05) is 48.5 Å². The molecule has 33 heavy (non-hydrogen) atoms. The number of nitrogens with zero attached hydrogens (tertiary/aromatic N) is 1. The Morgan fingerprint density at radius 1 is 0.939 bits per heavy atom. The van der Waals surface area contributed by atoms with Crippen LogP contribution in [0.2, 0.25) is 0 Å². The van der Waals surface area contributed by atoms with E-state index in [4.69, 9.17) is 9.84 Å². The molecule has 0 aromatic heterocycles. The van der Waals surface area contributed by atoms with E-state index in [0.717, 1.165) is 24.0 Å². The zero-order valence-corrected chi connectivity index (χ0v) is 18.4. The zero-order valence-electron chi connectivity index (χ0n) is 18.4. The molecule has 3 aliphatic rings. The van der Waals surface area contributed by atoms with Crippen molar-refractivity contribution in [3.8, 4) is 11.1 Å². The van der Waals surface area contributed by atoms with Gasteiger partial charge in [0.25, 0.3) is 0 Å². The highest BCUT2D eigenvalue weighted by atomic mass is 16.5. The first-order chi connectivity index (χ1) is 16.0. The number of carboxylic acid groups (broad SMARTS) is 1. The fourth-order valence-corrected chi connectivity index (χ4v) is 5.30. The fourth-order valence-electron chi connectivity index (χ4n) is 5.30. The van der Waals surface area contributed by atoms with Crippen LogP contribution in [-0.2, 0) is 14.3 Å². The summed E-state index contributed by atoms with van der Waals surface area (Å²) in [7, 11) is 0. The second-order valence-corrected chi connectivity index (χ2v) is 9.27. The Labute approximate surface area is 192 Å². The van der Waals surface area contributed by atoms with Gasteiger partial charge in [0, 0.05) is 23.9 Å². The molecule has 0 saturated heterocycles. The number of rotatable bonds is 7. The maximum Gasteiger partial charge on any atom is 0.407 e. The van der Waals surface area contributed by atoms with Crippen LogP contribution in [0, 0.1) is 5.92 Å². The number of alkyl carbamates (subject to hydrolysis) is 1. The molecule has 5 rings (SSSR count). The Hall–Kier alpha value is -3.35. The standard InChI is InChI=1S/C26H28N2O5/c29-24(30)14-28(18-11-12-18)25(31)16-9-10-17(13-16)27-26(32)33-15-23-21-7-3-1-5-19(21)20-6-2-4-8-22(20)23/h1-8,16-18,23H,9-15H2,(H,27,32)(H,29,30)/t16-,17+/m1/s1. The van der Waals surface area contributed by atoms with Crippen molar-refractivity contribution in [2.75, 3.05) is 13.2 Å². The van der Waals surface area contributed by atoms with E-state index in [2.05, 4.69) is 29.6 Å². The summed E-state index contributed by atoms with van der Waals surface area (Å²) in [4.78, 5) is 38.0. The predicted octanol–water partition coefficient (Wildman–Crippen LogP) is 3.77. The number of amides is 2. The summed E-state index contributed by atoms with van der Waals surface area (Å²) in [6.45, 7) is 0.00742. The second kappa shape index (κ2) is 8.89. The van der Waals surface area contributed by atoms with Gasteiger partial charge < -0.3 is 20.1 Å². The van der Waals surface area contributed by atoms with Crippen molar-refractivity contribution in [2.45, 2.75) is 50.1 Å². The minimum atomic E-state index is -0.985. The number of carbonyl (C=O) groups excluding carboxylic acids is 2. The summed E-state index contributed by atoms with van der Waals surface area (Å²) in [6, 6.07) is 16.3. The Balaban J connectivity index is 1.16. The van der Waals surface area contributed by atoms with Crippen molar-refractivity contribution in [2.24, 2.45) is 5.92 Å². The number of hydrogen-bond donors (Lipinski definition) is 2. The van der Waals surface area contributed by atoms with Crippen LogP contribution in [-0.4, -0.2) is 53.2 Å². The van der Waals surface area contributed by atoms with Gasteiger partial charge in [0.2, 0.25) is 5.91 Å². The van der Waals surface area contributed by atoms with E-state index in [-0.39, 0.29) is 43.0 Å². The predicted molar refractivity (Wildman–Crippen MR) is 122 cm³/mol. The maximum absolute atomic E-state index is 12.8. The van der Waals surface area contributed by atoms with Gasteiger partial charge >= 0.3 is 12.1 Å². The molecule has 2 N–H and O–H groups in total. The molecule has 0 unspecified atom stereocenters. The van der Waals surface area contributed by atoms with Gasteiger partial charge in [-0.3, -0.25) is 9.59 Å². The minimum Gasteiger partial charge on any atom is -0.480 e. The van der Waals surface area contributed by atoms with Crippen molar-refractivity contribution in [3.63, 3.8) is 0 Å². The highest BCUT2D eigenvalue weighted by Gasteiger charge is 2.40. The van der Waals surface area contributed by atoms with Crippen molar-refractivity contribution in [1.29, 1.82) is 0 Å². The third kappa shape index (κ3) is 4.45.